The van der Waals surface area contributed by atoms with Gasteiger partial charge in [0.05, 0.1) is 6.61 Å². The molecule has 0 saturated heterocycles. The summed E-state index contributed by atoms with van der Waals surface area (Å²) in [6.07, 6.45) is 1.56. The lowest BCUT2D eigenvalue weighted by Gasteiger charge is -2.17. The van der Waals surface area contributed by atoms with Crippen molar-refractivity contribution in [1.82, 2.24) is 10.4 Å². The van der Waals surface area contributed by atoms with Crippen molar-refractivity contribution in [2.75, 3.05) is 19.7 Å². The minimum absolute atomic E-state index is 0.201. The Balaban J connectivity index is 0.000000323. The molecule has 2 rings (SSSR count). The molecule has 0 bridgehead atoms. The van der Waals surface area contributed by atoms with Gasteiger partial charge in [0.25, 0.3) is 0 Å². The molecule has 118 valence electrons. The zero-order valence-electron chi connectivity index (χ0n) is 12.6. The van der Waals surface area contributed by atoms with Gasteiger partial charge in [-0.3, -0.25) is 4.90 Å². The fraction of sp³-hybridized carbons (Fsp3) is 0.250. The molecular weight excluding hydrogens is 284 g/mol. The number of ether oxygens (including phenoxy) is 1. The third kappa shape index (κ3) is 6.13. The molecule has 1 N–H and O–H groups in total. The second kappa shape index (κ2) is 9.23. The van der Waals surface area contributed by atoms with Crippen LogP contribution in [-0.4, -0.2) is 36.8 Å². The predicted octanol–water partition coefficient (Wildman–Crippen LogP) is 3.13. The zero-order chi connectivity index (χ0) is 16.4. The highest BCUT2D eigenvalue weighted by molar-refractivity contribution is 5.80. The Labute approximate surface area is 130 Å². The molecule has 0 saturated carbocycles. The summed E-state index contributed by atoms with van der Waals surface area (Å²) in [4.78, 5) is 28.0. The van der Waals surface area contributed by atoms with E-state index in [2.05, 4.69) is 47.0 Å². The van der Waals surface area contributed by atoms with Crippen LogP contribution < -0.4 is 5.48 Å². The largest absolute Gasteiger partial charge is 0.448 e. The van der Waals surface area contributed by atoms with Crippen LogP contribution in [0.1, 0.15) is 6.92 Å². The maximum Gasteiger partial charge on any atom is 0.440 e. The molecule has 2 aliphatic rings. The molecule has 2 aliphatic carbocycles. The van der Waals surface area contributed by atoms with Gasteiger partial charge >= 0.3 is 12.2 Å². The fourth-order valence-electron chi connectivity index (χ4n) is 1.52. The predicted molar refractivity (Wildman–Crippen MR) is 84.0 cm³/mol. The number of hydrogen-bond donors (Lipinski definition) is 1. The molecule has 0 unspecified atom stereocenters. The van der Waals surface area contributed by atoms with E-state index in [0.717, 1.165) is 0 Å². The summed E-state index contributed by atoms with van der Waals surface area (Å²) in [6.45, 7) is 9.43. The summed E-state index contributed by atoms with van der Waals surface area (Å²) in [5, 5.41) is 0. The lowest BCUT2D eigenvalue weighted by Crippen LogP contribution is -2.37. The van der Waals surface area contributed by atoms with Crippen molar-refractivity contribution in [3.63, 3.8) is 0 Å². The van der Waals surface area contributed by atoms with E-state index < -0.39 is 12.2 Å². The SMILES string of the molecule is C=CCN(CC=C)C(=O)ONC(=O)OCC.c1cc2cc-2c1. The molecule has 0 atom stereocenters. The van der Waals surface area contributed by atoms with Crippen molar-refractivity contribution < 1.29 is 19.2 Å². The summed E-state index contributed by atoms with van der Waals surface area (Å²) in [7, 11) is 0. The Hall–Kier alpha value is -2.76. The summed E-state index contributed by atoms with van der Waals surface area (Å²) >= 11 is 0. The van der Waals surface area contributed by atoms with Gasteiger partial charge < -0.3 is 9.57 Å². The van der Waals surface area contributed by atoms with E-state index in [1.807, 2.05) is 5.48 Å². The Morgan fingerprint density at radius 2 is 1.82 bits per heavy atom. The van der Waals surface area contributed by atoms with Crippen LogP contribution in [0.25, 0.3) is 11.1 Å². The highest BCUT2D eigenvalue weighted by Gasteiger charge is 2.13. The molecule has 0 aromatic heterocycles. The van der Waals surface area contributed by atoms with Gasteiger partial charge in [0, 0.05) is 13.1 Å². The number of benzene rings is 1. The second-order valence-corrected chi connectivity index (χ2v) is 4.25. The number of carbonyl (C=O) groups is 2. The first-order chi connectivity index (χ1) is 10.6. The number of rotatable bonds is 5. The maximum absolute atomic E-state index is 11.4. The van der Waals surface area contributed by atoms with Gasteiger partial charge in [-0.25, -0.2) is 9.59 Å². The minimum Gasteiger partial charge on any atom is -0.448 e. The van der Waals surface area contributed by atoms with E-state index in [1.54, 1.807) is 6.92 Å². The molecule has 6 nitrogen and oxygen atoms in total. The van der Waals surface area contributed by atoms with Crippen LogP contribution >= 0.6 is 0 Å². The maximum atomic E-state index is 11.4. The first kappa shape index (κ1) is 17.3. The van der Waals surface area contributed by atoms with Gasteiger partial charge in [-0.2, -0.15) is 0 Å². The van der Waals surface area contributed by atoms with Crippen molar-refractivity contribution in [2.45, 2.75) is 6.92 Å². The van der Waals surface area contributed by atoms with Gasteiger partial charge in [0.2, 0.25) is 0 Å². The van der Waals surface area contributed by atoms with Crippen LogP contribution in [-0.2, 0) is 9.57 Å². The fourth-order valence-corrected chi connectivity index (χ4v) is 1.52. The average Bonchev–Trinajstić information content (AvgIpc) is 3.11. The molecule has 2 amide bonds. The summed E-state index contributed by atoms with van der Waals surface area (Å²) in [6, 6.07) is 8.48. The van der Waals surface area contributed by atoms with Gasteiger partial charge in [-0.1, -0.05) is 30.4 Å². The molecule has 0 aromatic carbocycles. The monoisotopic (exact) mass is 304 g/mol. The van der Waals surface area contributed by atoms with Crippen molar-refractivity contribution in [3.05, 3.63) is 49.6 Å². The third-order valence-electron chi connectivity index (χ3n) is 2.57. The van der Waals surface area contributed by atoms with Crippen molar-refractivity contribution in [1.29, 1.82) is 0 Å². The smallest absolute Gasteiger partial charge is 0.440 e. The standard InChI is InChI=1S/C10H16N2O4.C6H4/c1-4-7-12(8-5-2)10(14)16-11-9(13)15-6-3;1-2-5-4-6(5)3-1/h4-5H,1-2,6-8H2,3H3,(H,11,13);1-4H. The van der Waals surface area contributed by atoms with E-state index in [1.165, 1.54) is 28.2 Å². The Morgan fingerprint density at radius 1 is 1.23 bits per heavy atom. The second-order valence-electron chi connectivity index (χ2n) is 4.25. The van der Waals surface area contributed by atoms with Crippen molar-refractivity contribution >= 4 is 12.2 Å². The molecule has 0 heterocycles. The molecule has 6 heteroatoms. The third-order valence-corrected chi connectivity index (χ3v) is 2.57. The van der Waals surface area contributed by atoms with Gasteiger partial charge in [0.15, 0.2) is 0 Å². The van der Waals surface area contributed by atoms with Gasteiger partial charge in [-0.15, -0.1) is 18.6 Å². The summed E-state index contributed by atoms with van der Waals surface area (Å²) in [5.74, 6) is 0. The number of nitrogens with one attached hydrogen (secondary N) is 1. The van der Waals surface area contributed by atoms with Gasteiger partial charge in [-0.05, 0) is 24.1 Å². The van der Waals surface area contributed by atoms with Crippen molar-refractivity contribution in [3.8, 4) is 11.1 Å². The molecule has 0 aliphatic heterocycles. The van der Waals surface area contributed by atoms with E-state index in [-0.39, 0.29) is 6.61 Å². The topological polar surface area (TPSA) is 67.9 Å². The zero-order valence-corrected chi connectivity index (χ0v) is 12.6. The van der Waals surface area contributed by atoms with Gasteiger partial charge in [0.1, 0.15) is 0 Å². The van der Waals surface area contributed by atoms with Crippen LogP contribution in [0, 0.1) is 0 Å². The molecule has 22 heavy (non-hydrogen) atoms. The highest BCUT2D eigenvalue weighted by atomic mass is 16.7. The molecule has 0 aromatic rings. The Morgan fingerprint density at radius 3 is 2.18 bits per heavy atom. The summed E-state index contributed by atoms with van der Waals surface area (Å²) < 4.78 is 4.51. The van der Waals surface area contributed by atoms with Crippen LogP contribution in [0.15, 0.2) is 49.6 Å². The first-order valence-electron chi connectivity index (χ1n) is 6.83. The molecule has 0 spiro atoms. The Bertz CT molecular complexity index is 515. The van der Waals surface area contributed by atoms with Crippen molar-refractivity contribution in [2.24, 2.45) is 0 Å². The number of nitrogens with zero attached hydrogens (tertiary/aromatic N) is 1. The van der Waals surface area contributed by atoms with Crippen LogP contribution in [0.4, 0.5) is 9.59 Å². The minimum atomic E-state index is -0.812. The van der Waals surface area contributed by atoms with Crippen LogP contribution in [0.2, 0.25) is 0 Å². The quantitative estimate of drug-likeness (QED) is 0.680. The lowest BCUT2D eigenvalue weighted by molar-refractivity contribution is 0.0472. The average molecular weight is 304 g/mol. The van der Waals surface area contributed by atoms with E-state index in [9.17, 15) is 9.59 Å². The van der Waals surface area contributed by atoms with Crippen LogP contribution in [0.3, 0.4) is 0 Å². The van der Waals surface area contributed by atoms with E-state index in [4.69, 9.17) is 0 Å². The Kier molecular flexibility index (Phi) is 7.25. The van der Waals surface area contributed by atoms with Crippen LogP contribution in [0.5, 0.6) is 0 Å². The lowest BCUT2D eigenvalue weighted by atomic mass is 10.5. The first-order valence-corrected chi connectivity index (χ1v) is 6.83. The molecule has 0 fully saturated rings. The summed E-state index contributed by atoms with van der Waals surface area (Å²) in [5.41, 5.74) is 4.71. The number of hydrogen-bond acceptors (Lipinski definition) is 4. The van der Waals surface area contributed by atoms with E-state index in [0.29, 0.717) is 13.1 Å². The molecular formula is C16H20N2O4. The number of amides is 2. The molecule has 0 radical (unpaired) electrons. The number of hydroxylamine groups is 1. The number of fused-ring (bicyclic) bond motifs is 1. The highest BCUT2D eigenvalue weighted by Crippen LogP contribution is 2.32. The van der Waals surface area contributed by atoms with E-state index >= 15 is 0 Å². The number of carbonyl (C=O) groups excluding carboxylic acids is 2. The normalized spacial score (nSPS) is 9.50.